The van der Waals surface area contributed by atoms with Crippen molar-refractivity contribution in [3.05, 3.63) is 0 Å². The van der Waals surface area contributed by atoms with Gasteiger partial charge in [0.1, 0.15) is 0 Å². The van der Waals surface area contributed by atoms with E-state index in [9.17, 15) is 5.26 Å². The molecule has 1 aliphatic rings. The molecule has 1 aliphatic heterocycles. The highest BCUT2D eigenvalue weighted by Gasteiger charge is 2.15. The van der Waals surface area contributed by atoms with E-state index < -0.39 is 0 Å². The summed E-state index contributed by atoms with van der Waals surface area (Å²) in [5, 5.41) is 13.7. The van der Waals surface area contributed by atoms with Gasteiger partial charge in [-0.05, 0) is 0 Å². The summed E-state index contributed by atoms with van der Waals surface area (Å²) in [6, 6.07) is 0. The van der Waals surface area contributed by atoms with E-state index in [4.69, 9.17) is 0 Å². The predicted octanol–water partition coefficient (Wildman–Crippen LogP) is -1.19. The number of hydrogen-bond donors (Lipinski definition) is 1. The lowest BCUT2D eigenvalue weighted by Crippen LogP contribution is -2.49. The Kier molecular flexibility index (Phi) is 1.83. The van der Waals surface area contributed by atoms with Gasteiger partial charge in [0, 0.05) is 6.92 Å². The molecule has 0 aromatic rings. The van der Waals surface area contributed by atoms with Crippen molar-refractivity contribution in [2.45, 2.75) is 13.0 Å². The molecule has 3 heteroatoms. The summed E-state index contributed by atoms with van der Waals surface area (Å²) < 4.78 is 1.84. The van der Waals surface area contributed by atoms with Crippen molar-refractivity contribution in [2.75, 3.05) is 19.7 Å². The Labute approximate surface area is 48.9 Å². The van der Waals surface area contributed by atoms with E-state index in [2.05, 4.69) is 5.32 Å². The van der Waals surface area contributed by atoms with Gasteiger partial charge in [-0.15, -0.1) is 0 Å². The van der Waals surface area contributed by atoms with E-state index >= 15 is 0 Å². The van der Waals surface area contributed by atoms with Crippen LogP contribution in [-0.2, 0) is 4.52 Å². The van der Waals surface area contributed by atoms with Crippen molar-refractivity contribution in [1.29, 1.82) is 0 Å². The SMILES string of the molecule is CC1CNCC[O+]1[O-]. The van der Waals surface area contributed by atoms with E-state index in [1.54, 1.807) is 0 Å². The number of nitrogens with one attached hydrogen (secondary N) is 1. The molecule has 1 saturated heterocycles. The molecule has 1 rings (SSSR count). The molecule has 0 aromatic carbocycles. The van der Waals surface area contributed by atoms with Crippen LogP contribution < -0.4 is 10.6 Å². The van der Waals surface area contributed by atoms with Crippen molar-refractivity contribution in [3.8, 4) is 0 Å². The summed E-state index contributed by atoms with van der Waals surface area (Å²) in [6.45, 7) is 4.05. The number of morpholine rings is 1. The molecule has 1 unspecified atom stereocenters. The third kappa shape index (κ3) is 1.18. The fourth-order valence-electron chi connectivity index (χ4n) is 0.772. The molecule has 0 radical (unpaired) electrons. The van der Waals surface area contributed by atoms with Crippen LogP contribution in [0.5, 0.6) is 0 Å². The molecule has 48 valence electrons. The maximum atomic E-state index is 10.6. The average Bonchev–Trinajstić information content (AvgIpc) is 1.77. The van der Waals surface area contributed by atoms with Crippen LogP contribution >= 0.6 is 0 Å². The van der Waals surface area contributed by atoms with Gasteiger partial charge in [-0.1, -0.05) is 0 Å². The molecule has 1 heterocycles. The van der Waals surface area contributed by atoms with Crippen LogP contribution in [0.2, 0.25) is 0 Å². The molecule has 0 bridgehead atoms. The molecule has 1 atom stereocenters. The molecule has 0 amide bonds. The van der Waals surface area contributed by atoms with Crippen LogP contribution in [0.15, 0.2) is 0 Å². The molecule has 0 saturated carbocycles. The standard InChI is InChI=1S/C5H11NO2/c1-5-4-6-2-3-8(5)7/h5-6H,2-4H2,1H3. The molecule has 1 N–H and O–H groups in total. The van der Waals surface area contributed by atoms with Crippen molar-refractivity contribution in [2.24, 2.45) is 0 Å². The zero-order valence-electron chi connectivity index (χ0n) is 5.02. The fraction of sp³-hybridized carbons (Fsp3) is 1.00. The molecule has 0 aromatic heterocycles. The quantitative estimate of drug-likeness (QED) is 0.320. The second kappa shape index (κ2) is 2.44. The topological polar surface area (TPSA) is 37.8 Å². The number of hydrogen-bond acceptors (Lipinski definition) is 2. The van der Waals surface area contributed by atoms with E-state index in [1.165, 1.54) is 0 Å². The zero-order chi connectivity index (χ0) is 5.98. The van der Waals surface area contributed by atoms with Crippen LogP contribution in [0, 0.1) is 0 Å². The largest absolute Gasteiger partial charge is 0.534 e. The molecule has 8 heavy (non-hydrogen) atoms. The maximum absolute atomic E-state index is 10.6. The second-order valence-electron chi connectivity index (χ2n) is 2.10. The predicted molar refractivity (Wildman–Crippen MR) is 28.3 cm³/mol. The minimum atomic E-state index is 0.0868. The van der Waals surface area contributed by atoms with Gasteiger partial charge >= 0.3 is 0 Å². The molecular weight excluding hydrogens is 106 g/mol. The summed E-state index contributed by atoms with van der Waals surface area (Å²) in [4.78, 5) is 0. The molecule has 0 spiro atoms. The van der Waals surface area contributed by atoms with Gasteiger partial charge in [-0.2, -0.15) is 0 Å². The smallest absolute Gasteiger partial charge is 0.171 e. The normalized spacial score (nSPS) is 33.0. The fourth-order valence-corrected chi connectivity index (χ4v) is 0.772. The minimum Gasteiger partial charge on any atom is -0.534 e. The molecule has 3 nitrogen and oxygen atoms in total. The third-order valence-electron chi connectivity index (χ3n) is 1.36. The van der Waals surface area contributed by atoms with E-state index in [1.807, 2.05) is 11.4 Å². The summed E-state index contributed by atoms with van der Waals surface area (Å²) in [6.07, 6.45) is 0.0868. The maximum Gasteiger partial charge on any atom is 0.171 e. The van der Waals surface area contributed by atoms with E-state index in [0.717, 1.165) is 13.1 Å². The third-order valence-corrected chi connectivity index (χ3v) is 1.36. The van der Waals surface area contributed by atoms with Gasteiger partial charge in [0.15, 0.2) is 12.7 Å². The van der Waals surface area contributed by atoms with Crippen molar-refractivity contribution < 1.29 is 9.78 Å². The first-order chi connectivity index (χ1) is 3.80. The molecule has 0 aliphatic carbocycles. The zero-order valence-corrected chi connectivity index (χ0v) is 5.02. The first-order valence-corrected chi connectivity index (χ1v) is 2.88. The summed E-state index contributed by atoms with van der Waals surface area (Å²) >= 11 is 0. The van der Waals surface area contributed by atoms with Crippen LogP contribution in [0.1, 0.15) is 6.92 Å². The van der Waals surface area contributed by atoms with Gasteiger partial charge in [0.05, 0.1) is 13.1 Å². The second-order valence-corrected chi connectivity index (χ2v) is 2.10. The van der Waals surface area contributed by atoms with E-state index in [0.29, 0.717) is 6.61 Å². The molecule has 1 fully saturated rings. The monoisotopic (exact) mass is 117 g/mol. The Bertz CT molecular complexity index is 66.8. The van der Waals surface area contributed by atoms with Crippen LogP contribution in [0.3, 0.4) is 0 Å². The Balaban J connectivity index is 2.28. The first kappa shape index (κ1) is 6.01. The lowest BCUT2D eigenvalue weighted by atomic mass is 10.3. The van der Waals surface area contributed by atoms with Gasteiger partial charge in [-0.3, -0.25) is 0 Å². The van der Waals surface area contributed by atoms with Crippen molar-refractivity contribution in [3.63, 3.8) is 0 Å². The highest BCUT2D eigenvalue weighted by molar-refractivity contribution is 4.61. The van der Waals surface area contributed by atoms with Crippen LogP contribution in [-0.4, -0.2) is 25.8 Å². The summed E-state index contributed by atoms with van der Waals surface area (Å²) in [7, 11) is 0. The van der Waals surface area contributed by atoms with Gasteiger partial charge in [0.25, 0.3) is 0 Å². The van der Waals surface area contributed by atoms with Crippen molar-refractivity contribution in [1.82, 2.24) is 5.32 Å². The highest BCUT2D eigenvalue weighted by atomic mass is 17.2. The lowest BCUT2D eigenvalue weighted by molar-refractivity contribution is -0.808. The van der Waals surface area contributed by atoms with Gasteiger partial charge in [0.2, 0.25) is 0 Å². The molecular formula is C5H11NO2. The minimum absolute atomic E-state index is 0.0868. The van der Waals surface area contributed by atoms with Crippen LogP contribution in [0.25, 0.3) is 0 Å². The number of rotatable bonds is 0. The Morgan fingerprint density at radius 2 is 2.50 bits per heavy atom. The Morgan fingerprint density at radius 3 is 2.88 bits per heavy atom. The van der Waals surface area contributed by atoms with Gasteiger partial charge in [-0.25, -0.2) is 0 Å². The Morgan fingerprint density at radius 1 is 1.75 bits per heavy atom. The van der Waals surface area contributed by atoms with Gasteiger partial charge < -0.3 is 15.1 Å². The van der Waals surface area contributed by atoms with E-state index in [-0.39, 0.29) is 6.10 Å². The Hall–Kier alpha value is -0.120. The lowest BCUT2D eigenvalue weighted by Gasteiger charge is -2.31. The average molecular weight is 117 g/mol. The summed E-state index contributed by atoms with van der Waals surface area (Å²) in [5.41, 5.74) is 0. The van der Waals surface area contributed by atoms with Crippen molar-refractivity contribution >= 4 is 0 Å². The van der Waals surface area contributed by atoms with Crippen LogP contribution in [0.4, 0.5) is 0 Å². The highest BCUT2D eigenvalue weighted by Crippen LogP contribution is 1.98. The first-order valence-electron chi connectivity index (χ1n) is 2.88. The summed E-state index contributed by atoms with van der Waals surface area (Å²) in [5.74, 6) is 0.